The predicted molar refractivity (Wildman–Crippen MR) is 202 cm³/mol. The van der Waals surface area contributed by atoms with Crippen LogP contribution in [0.3, 0.4) is 0 Å². The Hall–Kier alpha value is -4.63. The number of aryl methyl sites for hydroxylation is 1. The van der Waals surface area contributed by atoms with Crippen molar-refractivity contribution in [1.82, 2.24) is 24.8 Å². The highest BCUT2D eigenvalue weighted by atomic mass is 19.1. The third-order valence-electron chi connectivity index (χ3n) is 12.1. The van der Waals surface area contributed by atoms with Crippen LogP contribution in [-0.2, 0) is 15.9 Å². The SMILES string of the molecule is CCc1c(F)ccc2cc(OCOC)cc(-c3nc4c5c(nc(OC[C@]67CCCN6C[C@@H](F)C7)nc5c3F)N3C[C@H]5CC[C@@H]([C@@H]3CO4)N5C(=O)OC(C)(C)C)c12. The first-order valence-electron chi connectivity index (χ1n) is 19.6. The Bertz CT molecular complexity index is 2220. The van der Waals surface area contributed by atoms with E-state index in [9.17, 15) is 9.18 Å². The van der Waals surface area contributed by atoms with E-state index in [1.54, 1.807) is 18.2 Å². The lowest BCUT2D eigenvalue weighted by Gasteiger charge is -2.46. The molecular formula is C41H47F3N6O6. The van der Waals surface area contributed by atoms with Gasteiger partial charge in [0, 0.05) is 32.2 Å². The number of benzene rings is 2. The van der Waals surface area contributed by atoms with Crippen LogP contribution in [0, 0.1) is 11.6 Å². The van der Waals surface area contributed by atoms with E-state index in [0.29, 0.717) is 65.8 Å². The molecule has 4 saturated heterocycles. The van der Waals surface area contributed by atoms with Gasteiger partial charge < -0.3 is 28.6 Å². The lowest BCUT2D eigenvalue weighted by molar-refractivity contribution is 0.00537. The first kappa shape index (κ1) is 37.0. The first-order valence-corrected chi connectivity index (χ1v) is 19.6. The molecule has 15 heteroatoms. The van der Waals surface area contributed by atoms with Crippen molar-refractivity contribution >= 4 is 33.6 Å². The fraction of sp³-hybridized carbons (Fsp3) is 0.561. The average molecular weight is 777 g/mol. The number of alkyl halides is 1. The number of aromatic nitrogens is 3. The van der Waals surface area contributed by atoms with E-state index < -0.39 is 28.9 Å². The van der Waals surface area contributed by atoms with Gasteiger partial charge in [0.05, 0.1) is 23.7 Å². The van der Waals surface area contributed by atoms with Crippen LogP contribution in [-0.4, -0.2) is 113 Å². The van der Waals surface area contributed by atoms with Crippen LogP contribution in [0.25, 0.3) is 32.9 Å². The molecule has 0 aliphatic carbocycles. The first-order chi connectivity index (χ1) is 26.9. The predicted octanol–water partition coefficient (Wildman–Crippen LogP) is 6.97. The van der Waals surface area contributed by atoms with Crippen LogP contribution < -0.4 is 19.1 Å². The van der Waals surface area contributed by atoms with Crippen molar-refractivity contribution in [2.75, 3.05) is 51.7 Å². The van der Waals surface area contributed by atoms with E-state index in [4.69, 9.17) is 38.6 Å². The fourth-order valence-corrected chi connectivity index (χ4v) is 9.78. The molecule has 4 fully saturated rings. The van der Waals surface area contributed by atoms with Crippen molar-refractivity contribution in [2.45, 2.75) is 102 Å². The molecule has 56 heavy (non-hydrogen) atoms. The van der Waals surface area contributed by atoms with Gasteiger partial charge in [0.1, 0.15) is 59.0 Å². The molecule has 4 aromatic rings. The number of carbonyl (C=O) groups excluding carboxylic acids is 1. The van der Waals surface area contributed by atoms with E-state index in [1.807, 2.05) is 32.6 Å². The molecule has 0 spiro atoms. The van der Waals surface area contributed by atoms with Gasteiger partial charge in [0.25, 0.3) is 0 Å². The number of hydrogen-bond donors (Lipinski definition) is 0. The minimum atomic E-state index is -0.958. The molecule has 1 amide bonds. The lowest BCUT2D eigenvalue weighted by Crippen LogP contribution is -2.63. The van der Waals surface area contributed by atoms with Crippen LogP contribution in [0.4, 0.5) is 23.8 Å². The smallest absolute Gasteiger partial charge is 0.410 e. The highest BCUT2D eigenvalue weighted by Crippen LogP contribution is 2.47. The van der Waals surface area contributed by atoms with Crippen molar-refractivity contribution in [3.8, 4) is 28.9 Å². The highest BCUT2D eigenvalue weighted by molar-refractivity contribution is 6.03. The Morgan fingerprint density at radius 1 is 1.05 bits per heavy atom. The number of amides is 1. The van der Waals surface area contributed by atoms with Gasteiger partial charge in [-0.2, -0.15) is 9.97 Å². The number of halogens is 3. The van der Waals surface area contributed by atoms with E-state index >= 15 is 8.78 Å². The minimum absolute atomic E-state index is 0.0528. The van der Waals surface area contributed by atoms with E-state index in [-0.39, 0.29) is 72.7 Å². The minimum Gasteiger partial charge on any atom is -0.475 e. The Morgan fingerprint density at radius 3 is 2.68 bits per heavy atom. The molecule has 9 rings (SSSR count). The Balaban J connectivity index is 1.21. The van der Waals surface area contributed by atoms with E-state index in [2.05, 4.69) is 9.80 Å². The molecule has 0 unspecified atom stereocenters. The number of nitrogens with zero attached hydrogens (tertiary/aromatic N) is 6. The molecule has 0 saturated carbocycles. The number of hydrogen-bond acceptors (Lipinski definition) is 11. The molecule has 2 aromatic carbocycles. The van der Waals surface area contributed by atoms with Crippen molar-refractivity contribution in [1.29, 1.82) is 0 Å². The Morgan fingerprint density at radius 2 is 1.89 bits per heavy atom. The number of ether oxygens (including phenoxy) is 5. The molecule has 298 valence electrons. The quantitative estimate of drug-likeness (QED) is 0.173. The molecule has 0 radical (unpaired) electrons. The number of piperazine rings is 1. The van der Waals surface area contributed by atoms with Crippen molar-refractivity contribution in [3.05, 3.63) is 41.5 Å². The zero-order chi connectivity index (χ0) is 39.1. The number of carbonyl (C=O) groups is 1. The second-order valence-electron chi connectivity index (χ2n) is 16.7. The number of rotatable bonds is 8. The standard InChI is InChI=1S/C41H47F3N6O6/c1-6-26-28(43)10-8-22-14-25(55-21-52-5)15-27(31(22)26)34-33(44)35-32-36(47-38(46-35)54-20-41-12-7-13-48(41)17-23(42)16-41)49-18-24-9-11-29(30(49)19-53-37(32)45-34)50(24)39(51)56-40(2,3)4/h8,10,14-15,23-24,29-30H,6-7,9,11-13,16-21H2,1-5H3/t23-,24+,29-,30-,41+/m0/s1. The van der Waals surface area contributed by atoms with Gasteiger partial charge in [0.2, 0.25) is 5.88 Å². The largest absolute Gasteiger partial charge is 0.475 e. The second kappa shape index (κ2) is 13.8. The molecule has 5 aliphatic heterocycles. The van der Waals surface area contributed by atoms with Crippen LogP contribution in [0.5, 0.6) is 17.6 Å². The van der Waals surface area contributed by atoms with Crippen LogP contribution >= 0.6 is 0 Å². The number of anilines is 1. The fourth-order valence-electron chi connectivity index (χ4n) is 9.78. The number of methoxy groups -OCH3 is 1. The summed E-state index contributed by atoms with van der Waals surface area (Å²) in [5.74, 6) is -0.320. The molecule has 5 atom stereocenters. The van der Waals surface area contributed by atoms with Crippen molar-refractivity contribution < 1.29 is 41.7 Å². The maximum absolute atomic E-state index is 17.6. The summed E-state index contributed by atoms with van der Waals surface area (Å²) in [6, 6.07) is 5.50. The summed E-state index contributed by atoms with van der Waals surface area (Å²) in [5.41, 5.74) is -0.665. The maximum atomic E-state index is 17.6. The normalized spacial score (nSPS) is 25.6. The van der Waals surface area contributed by atoms with Crippen LogP contribution in [0.15, 0.2) is 24.3 Å². The summed E-state index contributed by atoms with van der Waals surface area (Å²) in [6.07, 6.45) is 2.50. The molecule has 2 aromatic heterocycles. The van der Waals surface area contributed by atoms with Gasteiger partial charge in [-0.15, -0.1) is 0 Å². The average Bonchev–Trinajstić information content (AvgIpc) is 3.76. The van der Waals surface area contributed by atoms with Gasteiger partial charge in [-0.05, 0) is 94.0 Å². The molecular weight excluding hydrogens is 729 g/mol. The van der Waals surface area contributed by atoms with E-state index in [0.717, 1.165) is 25.8 Å². The summed E-state index contributed by atoms with van der Waals surface area (Å²) >= 11 is 0. The topological polar surface area (TPSA) is 112 Å². The highest BCUT2D eigenvalue weighted by Gasteiger charge is 2.52. The summed E-state index contributed by atoms with van der Waals surface area (Å²) in [6.45, 7) is 9.09. The van der Waals surface area contributed by atoms with Gasteiger partial charge in [0.15, 0.2) is 12.6 Å². The van der Waals surface area contributed by atoms with Gasteiger partial charge in [-0.3, -0.25) is 9.80 Å². The summed E-state index contributed by atoms with van der Waals surface area (Å²) in [4.78, 5) is 34.1. The van der Waals surface area contributed by atoms with Crippen LogP contribution in [0.1, 0.15) is 65.4 Å². The molecule has 2 bridgehead atoms. The third-order valence-corrected chi connectivity index (χ3v) is 12.1. The van der Waals surface area contributed by atoms with Crippen molar-refractivity contribution in [3.63, 3.8) is 0 Å². The number of pyridine rings is 1. The van der Waals surface area contributed by atoms with Gasteiger partial charge >= 0.3 is 12.1 Å². The summed E-state index contributed by atoms with van der Waals surface area (Å²) in [5, 5.41) is 1.39. The Kier molecular flexibility index (Phi) is 9.10. The van der Waals surface area contributed by atoms with Crippen molar-refractivity contribution in [2.24, 2.45) is 0 Å². The zero-order valence-corrected chi connectivity index (χ0v) is 32.4. The number of fused-ring (bicyclic) bond motifs is 7. The zero-order valence-electron chi connectivity index (χ0n) is 32.4. The van der Waals surface area contributed by atoms with Crippen LogP contribution in [0.2, 0.25) is 0 Å². The van der Waals surface area contributed by atoms with Gasteiger partial charge in [-0.1, -0.05) is 13.0 Å². The lowest BCUT2D eigenvalue weighted by atomic mass is 9.94. The molecule has 5 aliphatic rings. The molecule has 12 nitrogen and oxygen atoms in total. The monoisotopic (exact) mass is 776 g/mol. The maximum Gasteiger partial charge on any atom is 0.410 e. The Labute approximate surface area is 323 Å². The van der Waals surface area contributed by atoms with E-state index in [1.165, 1.54) is 13.2 Å². The summed E-state index contributed by atoms with van der Waals surface area (Å²) in [7, 11) is 1.50. The van der Waals surface area contributed by atoms with Gasteiger partial charge in [-0.25, -0.2) is 22.9 Å². The molecule has 7 heterocycles. The molecule has 0 N–H and O–H groups in total. The summed E-state index contributed by atoms with van der Waals surface area (Å²) < 4.78 is 77.5. The second-order valence-corrected chi connectivity index (χ2v) is 16.7. The third kappa shape index (κ3) is 6.12.